The minimum atomic E-state index is 0.618. The maximum atomic E-state index is 5.74. The number of nitrogens with zero attached hydrogens (tertiary/aromatic N) is 1. The number of alkyl halides is 1. The van der Waals surface area contributed by atoms with Gasteiger partial charge in [0.15, 0.2) is 0 Å². The Kier molecular flexibility index (Phi) is 4.28. The Morgan fingerprint density at radius 3 is 2.53 bits per heavy atom. The second kappa shape index (κ2) is 5.26. The second-order valence-corrected chi connectivity index (χ2v) is 4.12. The summed E-state index contributed by atoms with van der Waals surface area (Å²) in [5.74, 6) is 1.53. The summed E-state index contributed by atoms with van der Waals surface area (Å²) < 4.78 is 5.39. The van der Waals surface area contributed by atoms with Crippen molar-refractivity contribution >= 4 is 17.3 Å². The van der Waals surface area contributed by atoms with Crippen molar-refractivity contribution in [2.75, 3.05) is 31.5 Å². The van der Waals surface area contributed by atoms with Gasteiger partial charge in [0.05, 0.1) is 12.8 Å². The average Bonchev–Trinajstić information content (AvgIpc) is 2.16. The number of rotatable bonds is 4. The summed E-state index contributed by atoms with van der Waals surface area (Å²) in [6.07, 6.45) is 0. The van der Waals surface area contributed by atoms with Crippen LogP contribution >= 0.6 is 11.6 Å². The molecule has 0 atom stereocenters. The van der Waals surface area contributed by atoms with Gasteiger partial charge in [-0.25, -0.2) is 0 Å². The van der Waals surface area contributed by atoms with Crippen LogP contribution < -0.4 is 9.64 Å². The van der Waals surface area contributed by atoms with E-state index in [1.807, 2.05) is 13.1 Å². The third kappa shape index (κ3) is 2.78. The smallest absolute Gasteiger partial charge is 0.142 e. The van der Waals surface area contributed by atoms with Crippen LogP contribution in [-0.2, 0) is 0 Å². The summed E-state index contributed by atoms with van der Waals surface area (Å²) in [6, 6.07) is 4.20. The van der Waals surface area contributed by atoms with Crippen LogP contribution in [0.3, 0.4) is 0 Å². The SMILES string of the molecule is COc1cc(C)cc(C)c1N(C)CCCl. The van der Waals surface area contributed by atoms with Gasteiger partial charge in [0.25, 0.3) is 0 Å². The molecule has 0 fully saturated rings. The Hall–Kier alpha value is -0.890. The van der Waals surface area contributed by atoms with E-state index in [9.17, 15) is 0 Å². The highest BCUT2D eigenvalue weighted by Gasteiger charge is 2.11. The fourth-order valence-corrected chi connectivity index (χ4v) is 2.06. The molecule has 0 unspecified atom stereocenters. The largest absolute Gasteiger partial charge is 0.495 e. The van der Waals surface area contributed by atoms with Gasteiger partial charge in [0.1, 0.15) is 5.75 Å². The molecule has 15 heavy (non-hydrogen) atoms. The zero-order valence-electron chi connectivity index (χ0n) is 9.80. The lowest BCUT2D eigenvalue weighted by atomic mass is 10.1. The Balaban J connectivity index is 3.14. The fourth-order valence-electron chi connectivity index (χ4n) is 1.80. The van der Waals surface area contributed by atoms with Crippen molar-refractivity contribution in [3.8, 4) is 5.75 Å². The molecular weight excluding hydrogens is 210 g/mol. The lowest BCUT2D eigenvalue weighted by molar-refractivity contribution is 0.414. The molecule has 0 heterocycles. The molecule has 1 aromatic carbocycles. The lowest BCUT2D eigenvalue weighted by Gasteiger charge is -2.23. The van der Waals surface area contributed by atoms with E-state index in [-0.39, 0.29) is 0 Å². The van der Waals surface area contributed by atoms with Gasteiger partial charge in [-0.1, -0.05) is 6.07 Å². The van der Waals surface area contributed by atoms with Crippen molar-refractivity contribution in [2.45, 2.75) is 13.8 Å². The number of aryl methyl sites for hydroxylation is 2. The molecule has 1 rings (SSSR count). The maximum absolute atomic E-state index is 5.74. The molecule has 0 radical (unpaired) electrons. The first-order valence-electron chi connectivity index (χ1n) is 5.02. The number of ether oxygens (including phenoxy) is 1. The van der Waals surface area contributed by atoms with E-state index in [1.165, 1.54) is 11.1 Å². The molecule has 0 bridgehead atoms. The quantitative estimate of drug-likeness (QED) is 0.734. The van der Waals surface area contributed by atoms with Crippen molar-refractivity contribution in [2.24, 2.45) is 0 Å². The van der Waals surface area contributed by atoms with Crippen LogP contribution in [-0.4, -0.2) is 26.6 Å². The van der Waals surface area contributed by atoms with Gasteiger partial charge < -0.3 is 9.64 Å². The van der Waals surface area contributed by atoms with Crippen LogP contribution in [0.5, 0.6) is 5.75 Å². The Labute approximate surface area is 96.8 Å². The number of halogens is 1. The minimum Gasteiger partial charge on any atom is -0.495 e. The Morgan fingerprint density at radius 1 is 1.33 bits per heavy atom. The van der Waals surface area contributed by atoms with E-state index in [0.29, 0.717) is 5.88 Å². The second-order valence-electron chi connectivity index (χ2n) is 3.74. The van der Waals surface area contributed by atoms with E-state index in [1.54, 1.807) is 7.11 Å². The van der Waals surface area contributed by atoms with Crippen molar-refractivity contribution < 1.29 is 4.74 Å². The van der Waals surface area contributed by atoms with Gasteiger partial charge in [-0.3, -0.25) is 0 Å². The number of benzene rings is 1. The molecule has 0 aliphatic rings. The molecule has 0 aliphatic heterocycles. The first kappa shape index (κ1) is 12.2. The summed E-state index contributed by atoms with van der Waals surface area (Å²) in [7, 11) is 3.73. The van der Waals surface area contributed by atoms with Crippen LogP contribution in [0.4, 0.5) is 5.69 Å². The molecule has 84 valence electrons. The third-order valence-corrected chi connectivity index (χ3v) is 2.60. The van der Waals surface area contributed by atoms with Crippen molar-refractivity contribution in [1.29, 1.82) is 0 Å². The Bertz CT molecular complexity index is 339. The van der Waals surface area contributed by atoms with Crippen molar-refractivity contribution in [3.05, 3.63) is 23.3 Å². The highest BCUT2D eigenvalue weighted by atomic mass is 35.5. The van der Waals surface area contributed by atoms with Gasteiger partial charge in [-0.15, -0.1) is 11.6 Å². The Morgan fingerprint density at radius 2 is 2.00 bits per heavy atom. The highest BCUT2D eigenvalue weighted by Crippen LogP contribution is 2.32. The van der Waals surface area contributed by atoms with Gasteiger partial charge in [-0.05, 0) is 31.0 Å². The normalized spacial score (nSPS) is 10.2. The molecule has 0 saturated carbocycles. The van der Waals surface area contributed by atoms with E-state index < -0.39 is 0 Å². The van der Waals surface area contributed by atoms with Crippen LogP contribution in [0.2, 0.25) is 0 Å². The molecule has 0 aliphatic carbocycles. The number of hydrogen-bond acceptors (Lipinski definition) is 2. The lowest BCUT2D eigenvalue weighted by Crippen LogP contribution is -2.21. The number of methoxy groups -OCH3 is 1. The van der Waals surface area contributed by atoms with Gasteiger partial charge >= 0.3 is 0 Å². The molecule has 0 aromatic heterocycles. The molecule has 0 amide bonds. The zero-order valence-corrected chi connectivity index (χ0v) is 10.6. The van der Waals surface area contributed by atoms with E-state index in [4.69, 9.17) is 16.3 Å². The van der Waals surface area contributed by atoms with Crippen molar-refractivity contribution in [1.82, 2.24) is 0 Å². The first-order chi connectivity index (χ1) is 7.10. The van der Waals surface area contributed by atoms with Gasteiger partial charge in [0.2, 0.25) is 0 Å². The summed E-state index contributed by atoms with van der Waals surface area (Å²) in [4.78, 5) is 2.13. The van der Waals surface area contributed by atoms with E-state index in [2.05, 4.69) is 24.8 Å². The molecule has 0 N–H and O–H groups in total. The summed E-state index contributed by atoms with van der Waals surface area (Å²) in [6.45, 7) is 4.98. The minimum absolute atomic E-state index is 0.618. The summed E-state index contributed by atoms with van der Waals surface area (Å²) in [5, 5.41) is 0. The number of hydrogen-bond donors (Lipinski definition) is 0. The predicted molar refractivity (Wildman–Crippen MR) is 66.5 cm³/mol. The fraction of sp³-hybridized carbons (Fsp3) is 0.500. The van der Waals surface area contributed by atoms with Crippen LogP contribution in [0.1, 0.15) is 11.1 Å². The molecule has 3 heteroatoms. The van der Waals surface area contributed by atoms with Crippen LogP contribution in [0.25, 0.3) is 0 Å². The van der Waals surface area contributed by atoms with Crippen LogP contribution in [0, 0.1) is 13.8 Å². The molecular formula is C12H18ClNO. The predicted octanol–water partition coefficient (Wildman–Crippen LogP) is 2.99. The first-order valence-corrected chi connectivity index (χ1v) is 5.56. The average molecular weight is 228 g/mol. The van der Waals surface area contributed by atoms with Crippen molar-refractivity contribution in [3.63, 3.8) is 0 Å². The summed E-state index contributed by atoms with van der Waals surface area (Å²) >= 11 is 5.74. The molecule has 0 saturated heterocycles. The third-order valence-electron chi connectivity index (χ3n) is 2.43. The molecule has 1 aromatic rings. The highest BCUT2D eigenvalue weighted by molar-refractivity contribution is 6.18. The maximum Gasteiger partial charge on any atom is 0.142 e. The van der Waals surface area contributed by atoms with E-state index in [0.717, 1.165) is 18.0 Å². The van der Waals surface area contributed by atoms with Crippen LogP contribution in [0.15, 0.2) is 12.1 Å². The van der Waals surface area contributed by atoms with Gasteiger partial charge in [-0.2, -0.15) is 0 Å². The van der Waals surface area contributed by atoms with Gasteiger partial charge in [0, 0.05) is 19.5 Å². The topological polar surface area (TPSA) is 12.5 Å². The standard InChI is InChI=1S/C12H18ClNO/c1-9-7-10(2)12(11(8-9)15-4)14(3)6-5-13/h7-8H,5-6H2,1-4H3. The number of anilines is 1. The monoisotopic (exact) mass is 227 g/mol. The zero-order chi connectivity index (χ0) is 11.4. The molecule has 0 spiro atoms. The molecule has 2 nitrogen and oxygen atoms in total. The summed E-state index contributed by atoms with van der Waals surface area (Å²) in [5.41, 5.74) is 3.57. The van der Waals surface area contributed by atoms with E-state index >= 15 is 0 Å².